The molecule has 4 saturated carbocycles. The summed E-state index contributed by atoms with van der Waals surface area (Å²) in [6, 6.07) is 0. The third-order valence-electron chi connectivity index (χ3n) is 12.2. The summed E-state index contributed by atoms with van der Waals surface area (Å²) in [5.74, 6) is 6.48. The van der Waals surface area contributed by atoms with E-state index in [0.717, 1.165) is 41.4 Å². The predicted octanol–water partition coefficient (Wildman–Crippen LogP) is 8.04. The smallest absolute Gasteiger partial charge is 0.306 e. The second-order valence-electron chi connectivity index (χ2n) is 14.2. The average Bonchev–Trinajstić information content (AvgIpc) is 3.28. The van der Waals surface area contributed by atoms with Gasteiger partial charge in [-0.25, -0.2) is 0 Å². The van der Waals surface area contributed by atoms with Gasteiger partial charge in [-0.2, -0.15) is 0 Å². The summed E-state index contributed by atoms with van der Waals surface area (Å²) in [6.45, 7) is 13.4. The van der Waals surface area contributed by atoms with Gasteiger partial charge in [0.15, 0.2) is 0 Å². The highest BCUT2D eigenvalue weighted by atomic mass is 16.5. The molecule has 0 radical (unpaired) electrons. The molecular formula is C30H50O2. The molecule has 32 heavy (non-hydrogen) atoms. The molecule has 9 atom stereocenters. The van der Waals surface area contributed by atoms with E-state index in [1.54, 1.807) is 0 Å². The van der Waals surface area contributed by atoms with E-state index in [9.17, 15) is 4.79 Å². The van der Waals surface area contributed by atoms with Gasteiger partial charge >= 0.3 is 5.97 Å². The maximum absolute atomic E-state index is 11.9. The second kappa shape index (κ2) is 8.30. The molecule has 0 N–H and O–H groups in total. The molecule has 1 spiro atoms. The number of fused-ring (bicyclic) bond motifs is 5. The van der Waals surface area contributed by atoms with Crippen molar-refractivity contribution in [3.05, 3.63) is 0 Å². The Balaban J connectivity index is 1.28. The Morgan fingerprint density at radius 1 is 0.906 bits per heavy atom. The molecule has 1 saturated heterocycles. The molecule has 5 aliphatic rings. The van der Waals surface area contributed by atoms with Crippen molar-refractivity contribution in [2.24, 2.45) is 57.7 Å². The standard InChI is InChI=1S/C30H50O2/c1-20(2)7-6-8-21(3)24-11-12-25-23-10-9-22-17-30(18-27(31)32-19-30)16-15-28(22,4)26(23)13-14-29(24,25)5/h20-26H,6-19H2,1-5H3/t21-,22+,23+,24-,25+,26+,28+,29-,30-/m1/s1. The highest BCUT2D eigenvalue weighted by molar-refractivity contribution is 5.72. The van der Waals surface area contributed by atoms with Crippen LogP contribution in [0.2, 0.25) is 0 Å². The van der Waals surface area contributed by atoms with Gasteiger partial charge in [0.05, 0.1) is 13.0 Å². The number of cyclic esters (lactones) is 1. The maximum atomic E-state index is 11.9. The number of hydrogen-bond donors (Lipinski definition) is 0. The monoisotopic (exact) mass is 442 g/mol. The molecule has 1 aliphatic heterocycles. The molecule has 5 rings (SSSR count). The minimum Gasteiger partial charge on any atom is -0.465 e. The minimum absolute atomic E-state index is 0.0650. The van der Waals surface area contributed by atoms with Crippen LogP contribution in [0.25, 0.3) is 0 Å². The number of ether oxygens (including phenoxy) is 1. The molecule has 0 aromatic carbocycles. The molecule has 5 fully saturated rings. The highest BCUT2D eigenvalue weighted by Crippen LogP contribution is 2.70. The summed E-state index contributed by atoms with van der Waals surface area (Å²) in [5.41, 5.74) is 1.31. The number of hydrogen-bond acceptors (Lipinski definition) is 2. The van der Waals surface area contributed by atoms with Crippen LogP contribution in [0.4, 0.5) is 0 Å². The van der Waals surface area contributed by atoms with Crippen molar-refractivity contribution in [2.45, 2.75) is 118 Å². The van der Waals surface area contributed by atoms with E-state index in [-0.39, 0.29) is 11.4 Å². The lowest BCUT2D eigenvalue weighted by Gasteiger charge is -2.62. The number of carbonyl (C=O) groups is 1. The Kier molecular flexibility index (Phi) is 6.02. The van der Waals surface area contributed by atoms with Gasteiger partial charge in [-0.3, -0.25) is 4.79 Å². The van der Waals surface area contributed by atoms with E-state index in [0.29, 0.717) is 23.9 Å². The van der Waals surface area contributed by atoms with Gasteiger partial charge in [-0.05, 0) is 110 Å². The fourth-order valence-corrected chi connectivity index (χ4v) is 10.4. The summed E-state index contributed by atoms with van der Waals surface area (Å²) in [4.78, 5) is 11.9. The molecule has 0 aromatic heterocycles. The molecular weight excluding hydrogens is 392 g/mol. The summed E-state index contributed by atoms with van der Waals surface area (Å²) < 4.78 is 5.47. The summed E-state index contributed by atoms with van der Waals surface area (Å²) in [5, 5.41) is 0. The van der Waals surface area contributed by atoms with E-state index in [2.05, 4.69) is 34.6 Å². The number of carbonyl (C=O) groups excluding carboxylic acids is 1. The molecule has 1 heterocycles. The van der Waals surface area contributed by atoms with Gasteiger partial charge in [-0.1, -0.05) is 53.9 Å². The predicted molar refractivity (Wildman–Crippen MR) is 131 cm³/mol. The fraction of sp³-hybridized carbons (Fsp3) is 0.967. The zero-order valence-corrected chi connectivity index (χ0v) is 21.8. The lowest BCUT2D eigenvalue weighted by Crippen LogP contribution is -2.55. The zero-order chi connectivity index (χ0) is 22.7. The molecule has 0 amide bonds. The van der Waals surface area contributed by atoms with Crippen molar-refractivity contribution in [1.29, 1.82) is 0 Å². The molecule has 2 nitrogen and oxygen atoms in total. The molecule has 0 unspecified atom stereocenters. The Morgan fingerprint density at radius 2 is 1.69 bits per heavy atom. The van der Waals surface area contributed by atoms with Gasteiger partial charge in [-0.15, -0.1) is 0 Å². The lowest BCUT2D eigenvalue weighted by molar-refractivity contribution is -0.138. The van der Waals surface area contributed by atoms with E-state index in [1.807, 2.05) is 0 Å². The number of rotatable bonds is 5. The Hall–Kier alpha value is -0.530. The largest absolute Gasteiger partial charge is 0.465 e. The fourth-order valence-electron chi connectivity index (χ4n) is 10.4. The van der Waals surface area contributed by atoms with Crippen molar-refractivity contribution in [3.63, 3.8) is 0 Å². The molecule has 0 bridgehead atoms. The normalized spacial score (nSPS) is 48.9. The van der Waals surface area contributed by atoms with Crippen LogP contribution in [0.5, 0.6) is 0 Å². The van der Waals surface area contributed by atoms with E-state index < -0.39 is 0 Å². The van der Waals surface area contributed by atoms with E-state index in [1.165, 1.54) is 77.0 Å². The minimum atomic E-state index is 0.0650. The summed E-state index contributed by atoms with van der Waals surface area (Å²) in [7, 11) is 0. The van der Waals surface area contributed by atoms with Crippen LogP contribution in [-0.2, 0) is 9.53 Å². The first-order valence-corrected chi connectivity index (χ1v) is 14.3. The quantitative estimate of drug-likeness (QED) is 0.403. The first-order valence-electron chi connectivity index (χ1n) is 14.3. The van der Waals surface area contributed by atoms with Crippen molar-refractivity contribution in [3.8, 4) is 0 Å². The van der Waals surface area contributed by atoms with E-state index in [4.69, 9.17) is 4.74 Å². The van der Waals surface area contributed by atoms with E-state index >= 15 is 0 Å². The van der Waals surface area contributed by atoms with Gasteiger partial charge < -0.3 is 4.74 Å². The first-order chi connectivity index (χ1) is 15.2. The second-order valence-corrected chi connectivity index (χ2v) is 14.2. The van der Waals surface area contributed by atoms with Crippen LogP contribution >= 0.6 is 0 Å². The molecule has 4 aliphatic carbocycles. The summed E-state index contributed by atoms with van der Waals surface area (Å²) >= 11 is 0. The Morgan fingerprint density at radius 3 is 2.41 bits per heavy atom. The number of esters is 1. The SMILES string of the molecule is CC(C)CCC[C@@H](C)[C@H]1CC[C@H]2[C@@H]3CC[C@H]4C[C@@]5(CC[C@]4(C)[C@H]3CC[C@]12C)COC(=O)C5. The van der Waals surface area contributed by atoms with Crippen LogP contribution in [-0.4, -0.2) is 12.6 Å². The topological polar surface area (TPSA) is 26.3 Å². The summed E-state index contributed by atoms with van der Waals surface area (Å²) in [6.07, 6.45) is 17.6. The van der Waals surface area contributed by atoms with Crippen molar-refractivity contribution < 1.29 is 9.53 Å². The van der Waals surface area contributed by atoms with Crippen LogP contribution in [0.3, 0.4) is 0 Å². The van der Waals surface area contributed by atoms with Crippen molar-refractivity contribution in [1.82, 2.24) is 0 Å². The van der Waals surface area contributed by atoms with Crippen molar-refractivity contribution >= 4 is 5.97 Å². The maximum Gasteiger partial charge on any atom is 0.306 e. The molecule has 0 aromatic rings. The van der Waals surface area contributed by atoms with Crippen LogP contribution < -0.4 is 0 Å². The molecule has 2 heteroatoms. The van der Waals surface area contributed by atoms with Gasteiger partial charge in [0.2, 0.25) is 0 Å². The van der Waals surface area contributed by atoms with Gasteiger partial charge in [0.25, 0.3) is 0 Å². The molecule has 182 valence electrons. The Labute approximate surface area is 198 Å². The van der Waals surface area contributed by atoms with Gasteiger partial charge in [0, 0.05) is 5.41 Å². The first kappa shape index (κ1) is 23.2. The Bertz CT molecular complexity index is 714. The van der Waals surface area contributed by atoms with Gasteiger partial charge in [0.1, 0.15) is 0 Å². The third-order valence-corrected chi connectivity index (χ3v) is 12.2. The third kappa shape index (κ3) is 3.69. The van der Waals surface area contributed by atoms with Crippen LogP contribution in [0.1, 0.15) is 118 Å². The highest BCUT2D eigenvalue weighted by Gasteiger charge is 2.62. The van der Waals surface area contributed by atoms with Crippen LogP contribution in [0.15, 0.2) is 0 Å². The zero-order valence-electron chi connectivity index (χ0n) is 21.8. The lowest BCUT2D eigenvalue weighted by atomic mass is 9.42. The van der Waals surface area contributed by atoms with Crippen molar-refractivity contribution in [2.75, 3.05) is 6.61 Å². The van der Waals surface area contributed by atoms with Crippen LogP contribution in [0, 0.1) is 57.7 Å². The average molecular weight is 443 g/mol.